The Hall–Kier alpha value is -2.38. The molecule has 0 aromatic heterocycles. The Kier molecular flexibility index (Phi) is 6.69. The van der Waals surface area contributed by atoms with Gasteiger partial charge in [0.2, 0.25) is 5.91 Å². The number of piperidine rings is 1. The molecule has 0 spiro atoms. The fourth-order valence-corrected chi connectivity index (χ4v) is 5.62. The van der Waals surface area contributed by atoms with E-state index in [0.29, 0.717) is 36.9 Å². The summed E-state index contributed by atoms with van der Waals surface area (Å²) in [4.78, 5) is 27.1. The summed E-state index contributed by atoms with van der Waals surface area (Å²) in [6.07, 6.45) is 8.31. The summed E-state index contributed by atoms with van der Waals surface area (Å²) in [6, 6.07) is 5.69. The predicted molar refractivity (Wildman–Crippen MR) is 125 cm³/mol. The molecule has 1 saturated carbocycles. The van der Waals surface area contributed by atoms with Gasteiger partial charge in [-0.15, -0.1) is 0 Å². The minimum atomic E-state index is -0.433. The average molecular weight is 454 g/mol. The highest BCUT2D eigenvalue weighted by Gasteiger charge is 2.38. The Balaban J connectivity index is 1.22. The molecule has 7 nitrogen and oxygen atoms in total. The van der Waals surface area contributed by atoms with Crippen molar-refractivity contribution in [1.82, 2.24) is 15.5 Å². The first-order chi connectivity index (χ1) is 16.1. The van der Waals surface area contributed by atoms with Gasteiger partial charge in [0, 0.05) is 37.1 Å². The number of ether oxygens (including phenoxy) is 2. The van der Waals surface area contributed by atoms with Crippen LogP contribution in [0.15, 0.2) is 30.5 Å². The Morgan fingerprint density at radius 2 is 1.94 bits per heavy atom. The minimum absolute atomic E-state index is 0.0714. The number of nitrogens with zero attached hydrogens (tertiary/aromatic N) is 1. The molecule has 0 bridgehead atoms. The molecule has 3 fully saturated rings. The number of allylic oxidation sites excluding steroid dienone is 1. The fourth-order valence-electron chi connectivity index (χ4n) is 5.62. The number of carbonyl (C=O) groups is 2. The van der Waals surface area contributed by atoms with Gasteiger partial charge in [0.05, 0.1) is 0 Å². The van der Waals surface area contributed by atoms with Gasteiger partial charge < -0.3 is 25.0 Å². The first-order valence-electron chi connectivity index (χ1n) is 12.5. The van der Waals surface area contributed by atoms with Crippen molar-refractivity contribution in [3.05, 3.63) is 41.6 Å². The lowest BCUT2D eigenvalue weighted by atomic mass is 9.91. The highest BCUT2D eigenvalue weighted by molar-refractivity contribution is 6.01. The summed E-state index contributed by atoms with van der Waals surface area (Å²) >= 11 is 0. The van der Waals surface area contributed by atoms with Crippen LogP contribution in [0.5, 0.6) is 5.75 Å². The molecule has 2 amide bonds. The van der Waals surface area contributed by atoms with Crippen LogP contribution in [-0.4, -0.2) is 54.7 Å². The van der Waals surface area contributed by atoms with Gasteiger partial charge in [-0.2, -0.15) is 0 Å². The van der Waals surface area contributed by atoms with Crippen molar-refractivity contribution >= 4 is 11.8 Å². The predicted octanol–water partition coefficient (Wildman–Crippen LogP) is 3.14. The first kappa shape index (κ1) is 22.4. The molecule has 1 unspecified atom stereocenters. The molecule has 33 heavy (non-hydrogen) atoms. The minimum Gasteiger partial charge on any atom is -0.489 e. The second-order valence-corrected chi connectivity index (χ2v) is 9.91. The van der Waals surface area contributed by atoms with Crippen LogP contribution in [0.2, 0.25) is 0 Å². The van der Waals surface area contributed by atoms with Gasteiger partial charge in [-0.1, -0.05) is 13.0 Å². The first-order valence-corrected chi connectivity index (χ1v) is 12.5. The van der Waals surface area contributed by atoms with E-state index in [1.807, 2.05) is 18.2 Å². The standard InChI is InChI=1S/C26H35N3O4/c1-17-6-9-23(25(30)28-17)29-16-19-14-20(7-8-21(19)26(29)31)33-24-5-3-2-4-22(24)27-15-18-10-12-32-13-11-18/h7-8,14,18,22-24,27H,1-6,9-13,15-16H2,(H,28,30)/t22-,23?,24-/m1/s1. The van der Waals surface area contributed by atoms with E-state index in [4.69, 9.17) is 9.47 Å². The number of amides is 2. The van der Waals surface area contributed by atoms with Gasteiger partial charge in [-0.05, 0) is 81.2 Å². The van der Waals surface area contributed by atoms with Gasteiger partial charge in [0.1, 0.15) is 17.9 Å². The van der Waals surface area contributed by atoms with Crippen LogP contribution in [0.3, 0.4) is 0 Å². The molecular formula is C26H35N3O4. The van der Waals surface area contributed by atoms with Gasteiger partial charge >= 0.3 is 0 Å². The summed E-state index contributed by atoms with van der Waals surface area (Å²) in [5, 5.41) is 6.58. The smallest absolute Gasteiger partial charge is 0.255 e. The zero-order valence-corrected chi connectivity index (χ0v) is 19.3. The molecule has 5 rings (SSSR count). The Morgan fingerprint density at radius 1 is 1.12 bits per heavy atom. The number of fused-ring (bicyclic) bond motifs is 1. The highest BCUT2D eigenvalue weighted by atomic mass is 16.5. The van der Waals surface area contributed by atoms with Crippen LogP contribution in [-0.2, 0) is 16.1 Å². The number of nitrogens with one attached hydrogen (secondary N) is 2. The fraction of sp³-hybridized carbons (Fsp3) is 0.615. The molecule has 4 aliphatic rings. The van der Waals surface area contributed by atoms with Gasteiger partial charge in [0.25, 0.3) is 5.91 Å². The average Bonchev–Trinajstić information content (AvgIpc) is 3.14. The van der Waals surface area contributed by atoms with E-state index < -0.39 is 6.04 Å². The molecule has 1 aromatic rings. The van der Waals surface area contributed by atoms with Crippen molar-refractivity contribution in [2.24, 2.45) is 5.92 Å². The lowest BCUT2D eigenvalue weighted by Gasteiger charge is -2.34. The van der Waals surface area contributed by atoms with Crippen molar-refractivity contribution in [3.63, 3.8) is 0 Å². The molecule has 7 heteroatoms. The van der Waals surface area contributed by atoms with Crippen molar-refractivity contribution in [2.45, 2.75) is 76.1 Å². The third-order valence-electron chi connectivity index (χ3n) is 7.61. The van der Waals surface area contributed by atoms with E-state index in [1.54, 1.807) is 4.90 Å². The van der Waals surface area contributed by atoms with E-state index in [2.05, 4.69) is 17.2 Å². The Morgan fingerprint density at radius 3 is 2.76 bits per heavy atom. The maximum atomic E-state index is 13.0. The lowest BCUT2D eigenvalue weighted by Crippen LogP contribution is -2.49. The van der Waals surface area contributed by atoms with Crippen LogP contribution >= 0.6 is 0 Å². The van der Waals surface area contributed by atoms with Crippen LogP contribution in [0.1, 0.15) is 67.3 Å². The van der Waals surface area contributed by atoms with Gasteiger partial charge in [0.15, 0.2) is 0 Å². The number of carbonyl (C=O) groups excluding carboxylic acids is 2. The summed E-state index contributed by atoms with van der Waals surface area (Å²) in [7, 11) is 0. The van der Waals surface area contributed by atoms with Crippen molar-refractivity contribution in [3.8, 4) is 5.75 Å². The third-order valence-corrected chi connectivity index (χ3v) is 7.61. The molecule has 2 N–H and O–H groups in total. The highest BCUT2D eigenvalue weighted by Crippen LogP contribution is 2.32. The Bertz CT molecular complexity index is 911. The molecule has 3 atom stereocenters. The number of rotatable bonds is 6. The van der Waals surface area contributed by atoms with E-state index in [9.17, 15) is 9.59 Å². The van der Waals surface area contributed by atoms with E-state index >= 15 is 0 Å². The molecule has 2 saturated heterocycles. The summed E-state index contributed by atoms with van der Waals surface area (Å²) in [5.74, 6) is 1.30. The van der Waals surface area contributed by atoms with Crippen LogP contribution in [0.4, 0.5) is 0 Å². The normalized spacial score (nSPS) is 28.5. The molecule has 1 aromatic carbocycles. The van der Waals surface area contributed by atoms with E-state index in [-0.39, 0.29) is 17.9 Å². The largest absolute Gasteiger partial charge is 0.489 e. The molecule has 3 aliphatic heterocycles. The van der Waals surface area contributed by atoms with Crippen LogP contribution < -0.4 is 15.4 Å². The molecule has 3 heterocycles. The maximum Gasteiger partial charge on any atom is 0.255 e. The molecule has 178 valence electrons. The summed E-state index contributed by atoms with van der Waals surface area (Å²) in [5.41, 5.74) is 2.35. The topological polar surface area (TPSA) is 79.9 Å². The molecule has 1 aliphatic carbocycles. The second kappa shape index (κ2) is 9.85. The molecular weight excluding hydrogens is 418 g/mol. The number of hydrogen-bond acceptors (Lipinski definition) is 5. The Labute approximate surface area is 195 Å². The van der Waals surface area contributed by atoms with Crippen LogP contribution in [0.25, 0.3) is 0 Å². The second-order valence-electron chi connectivity index (χ2n) is 9.91. The monoisotopic (exact) mass is 453 g/mol. The number of hydrogen-bond donors (Lipinski definition) is 2. The zero-order valence-electron chi connectivity index (χ0n) is 19.3. The summed E-state index contributed by atoms with van der Waals surface area (Å²) in [6.45, 7) is 7.06. The zero-order chi connectivity index (χ0) is 22.8. The van der Waals surface area contributed by atoms with E-state index in [1.165, 1.54) is 12.8 Å². The lowest BCUT2D eigenvalue weighted by molar-refractivity contribution is -0.126. The van der Waals surface area contributed by atoms with E-state index in [0.717, 1.165) is 62.5 Å². The van der Waals surface area contributed by atoms with Crippen LogP contribution in [0, 0.1) is 5.92 Å². The quantitative estimate of drug-likeness (QED) is 0.692. The molecule has 0 radical (unpaired) electrons. The van der Waals surface area contributed by atoms with Gasteiger partial charge in [-0.25, -0.2) is 0 Å². The third kappa shape index (κ3) is 4.94. The number of benzene rings is 1. The SMILES string of the molecule is C=C1CCC(N2Cc3cc(O[C@@H]4CCCC[C@H]4NCC4CCOCC4)ccc3C2=O)C(=O)N1. The van der Waals surface area contributed by atoms with Gasteiger partial charge in [-0.3, -0.25) is 9.59 Å². The van der Waals surface area contributed by atoms with Crippen molar-refractivity contribution in [2.75, 3.05) is 19.8 Å². The van der Waals surface area contributed by atoms with Crippen molar-refractivity contribution in [1.29, 1.82) is 0 Å². The maximum absolute atomic E-state index is 13.0. The van der Waals surface area contributed by atoms with Crippen molar-refractivity contribution < 1.29 is 19.1 Å². The summed E-state index contributed by atoms with van der Waals surface area (Å²) < 4.78 is 12.0.